The number of benzene rings is 4. The first-order valence-electron chi connectivity index (χ1n) is 11.0. The zero-order chi connectivity index (χ0) is 25.3. The molecule has 0 heterocycles. The maximum atomic E-state index is 13.3. The SMILES string of the molecule is O=C(Nc1ccccc1)C(=O)Nc1cccc(C(=O)Nc2ccccc2)c1C(=O)Nc1ccccc1. The van der Waals surface area contributed by atoms with Gasteiger partial charge in [-0.15, -0.1) is 0 Å². The molecule has 0 bridgehead atoms. The van der Waals surface area contributed by atoms with Crippen molar-refractivity contribution >= 4 is 46.4 Å². The van der Waals surface area contributed by atoms with E-state index in [1.54, 1.807) is 84.9 Å². The lowest BCUT2D eigenvalue weighted by Crippen LogP contribution is -2.31. The molecule has 36 heavy (non-hydrogen) atoms. The number of carbonyl (C=O) groups excluding carboxylic acids is 4. The summed E-state index contributed by atoms with van der Waals surface area (Å²) in [6.07, 6.45) is 0. The van der Waals surface area contributed by atoms with Gasteiger partial charge in [0.15, 0.2) is 0 Å². The smallest absolute Gasteiger partial charge is 0.314 e. The summed E-state index contributed by atoms with van der Waals surface area (Å²) in [5.74, 6) is -3.09. The van der Waals surface area contributed by atoms with E-state index in [2.05, 4.69) is 21.3 Å². The van der Waals surface area contributed by atoms with Crippen LogP contribution in [0.5, 0.6) is 0 Å². The highest BCUT2D eigenvalue weighted by atomic mass is 16.2. The van der Waals surface area contributed by atoms with E-state index < -0.39 is 23.6 Å². The van der Waals surface area contributed by atoms with Gasteiger partial charge in [0.1, 0.15) is 0 Å². The molecule has 0 radical (unpaired) electrons. The Morgan fingerprint density at radius 1 is 0.417 bits per heavy atom. The van der Waals surface area contributed by atoms with Crippen molar-refractivity contribution in [1.82, 2.24) is 0 Å². The van der Waals surface area contributed by atoms with E-state index in [1.807, 2.05) is 6.07 Å². The van der Waals surface area contributed by atoms with Crippen LogP contribution in [0, 0.1) is 0 Å². The zero-order valence-electron chi connectivity index (χ0n) is 19.0. The van der Waals surface area contributed by atoms with Gasteiger partial charge in [0.25, 0.3) is 11.8 Å². The number of carbonyl (C=O) groups is 4. The average Bonchev–Trinajstić information content (AvgIpc) is 2.90. The Kier molecular flexibility index (Phi) is 7.47. The summed E-state index contributed by atoms with van der Waals surface area (Å²) in [5, 5.41) is 10.4. The maximum absolute atomic E-state index is 13.3. The molecule has 0 unspecified atom stereocenters. The van der Waals surface area contributed by atoms with Crippen LogP contribution in [0.3, 0.4) is 0 Å². The average molecular weight is 479 g/mol. The van der Waals surface area contributed by atoms with E-state index >= 15 is 0 Å². The molecule has 178 valence electrons. The molecule has 0 aliphatic carbocycles. The first kappa shape index (κ1) is 23.9. The molecule has 0 fully saturated rings. The molecule has 4 N–H and O–H groups in total. The Morgan fingerprint density at radius 3 is 1.39 bits per heavy atom. The van der Waals surface area contributed by atoms with Crippen LogP contribution in [0.15, 0.2) is 109 Å². The minimum absolute atomic E-state index is 0.0114. The van der Waals surface area contributed by atoms with Gasteiger partial charge in [-0.2, -0.15) is 0 Å². The summed E-state index contributed by atoms with van der Waals surface area (Å²) in [5.41, 5.74) is 1.42. The number of hydrogen-bond donors (Lipinski definition) is 4. The van der Waals surface area contributed by atoms with E-state index in [1.165, 1.54) is 18.2 Å². The molecule has 8 heteroatoms. The summed E-state index contributed by atoms with van der Waals surface area (Å²) < 4.78 is 0. The molecule has 4 rings (SSSR count). The second kappa shape index (κ2) is 11.3. The Hall–Kier alpha value is -5.24. The quantitative estimate of drug-likeness (QED) is 0.299. The van der Waals surface area contributed by atoms with Crippen LogP contribution in [0.25, 0.3) is 0 Å². The standard InChI is InChI=1S/C28H22N4O4/c33-25(29-19-11-4-1-5-12-19)22-17-10-18-23(24(22)26(34)30-20-13-6-2-7-14-20)32-28(36)27(35)31-21-15-8-3-9-16-21/h1-18H,(H,29,33)(H,30,34)(H,31,35)(H,32,36). The summed E-state index contributed by atoms with van der Waals surface area (Å²) in [4.78, 5) is 51.5. The molecule has 8 nitrogen and oxygen atoms in total. The van der Waals surface area contributed by atoms with Gasteiger partial charge in [0.05, 0.1) is 16.8 Å². The van der Waals surface area contributed by atoms with Crippen molar-refractivity contribution in [3.05, 3.63) is 120 Å². The Balaban J connectivity index is 1.64. The molecule has 0 aliphatic rings. The Morgan fingerprint density at radius 2 is 0.861 bits per heavy atom. The maximum Gasteiger partial charge on any atom is 0.314 e. The highest BCUT2D eigenvalue weighted by Crippen LogP contribution is 2.24. The first-order chi connectivity index (χ1) is 17.5. The van der Waals surface area contributed by atoms with Crippen molar-refractivity contribution in [2.24, 2.45) is 0 Å². The monoisotopic (exact) mass is 478 g/mol. The summed E-state index contributed by atoms with van der Waals surface area (Å²) in [7, 11) is 0. The van der Waals surface area contributed by atoms with Gasteiger partial charge in [-0.3, -0.25) is 19.2 Å². The molecule has 4 aromatic carbocycles. The van der Waals surface area contributed by atoms with Gasteiger partial charge < -0.3 is 21.3 Å². The lowest BCUT2D eigenvalue weighted by Gasteiger charge is -2.16. The van der Waals surface area contributed by atoms with Crippen molar-refractivity contribution in [2.75, 3.05) is 21.3 Å². The molecule has 0 spiro atoms. The van der Waals surface area contributed by atoms with Gasteiger partial charge in [-0.25, -0.2) is 0 Å². The summed E-state index contributed by atoms with van der Waals surface area (Å²) in [6.45, 7) is 0. The Bertz CT molecular complexity index is 1390. The van der Waals surface area contributed by atoms with Crippen LogP contribution in [0.4, 0.5) is 22.7 Å². The predicted molar refractivity (Wildman–Crippen MR) is 139 cm³/mol. The number of anilines is 4. The Labute approximate surface area is 207 Å². The number of amides is 4. The van der Waals surface area contributed by atoms with Crippen molar-refractivity contribution in [3.63, 3.8) is 0 Å². The molecule has 0 saturated carbocycles. The van der Waals surface area contributed by atoms with Gasteiger partial charge in [-0.1, -0.05) is 60.7 Å². The molecule has 4 amide bonds. The van der Waals surface area contributed by atoms with Gasteiger partial charge in [-0.05, 0) is 48.5 Å². The summed E-state index contributed by atoms with van der Waals surface area (Å²) >= 11 is 0. The third kappa shape index (κ3) is 6.00. The predicted octanol–water partition coefficient (Wildman–Crippen LogP) is 4.77. The fraction of sp³-hybridized carbons (Fsp3) is 0. The number of para-hydroxylation sites is 3. The second-order valence-electron chi connectivity index (χ2n) is 7.64. The van der Waals surface area contributed by atoms with E-state index in [-0.39, 0.29) is 16.8 Å². The van der Waals surface area contributed by atoms with Gasteiger partial charge in [0.2, 0.25) is 0 Å². The largest absolute Gasteiger partial charge is 0.322 e. The molecule has 0 saturated heterocycles. The van der Waals surface area contributed by atoms with Crippen LogP contribution in [0.1, 0.15) is 20.7 Å². The molecule has 4 aromatic rings. The first-order valence-corrected chi connectivity index (χ1v) is 11.0. The van der Waals surface area contributed by atoms with E-state index in [9.17, 15) is 19.2 Å². The van der Waals surface area contributed by atoms with Gasteiger partial charge in [0, 0.05) is 17.1 Å². The van der Waals surface area contributed by atoms with Crippen molar-refractivity contribution in [3.8, 4) is 0 Å². The number of rotatable bonds is 6. The highest BCUT2D eigenvalue weighted by molar-refractivity contribution is 6.44. The van der Waals surface area contributed by atoms with Crippen LogP contribution < -0.4 is 21.3 Å². The number of nitrogens with one attached hydrogen (secondary N) is 4. The second-order valence-corrected chi connectivity index (χ2v) is 7.64. The number of hydrogen-bond acceptors (Lipinski definition) is 4. The fourth-order valence-corrected chi connectivity index (χ4v) is 3.41. The zero-order valence-corrected chi connectivity index (χ0v) is 19.0. The van der Waals surface area contributed by atoms with E-state index in [0.29, 0.717) is 17.1 Å². The third-order valence-corrected chi connectivity index (χ3v) is 5.09. The van der Waals surface area contributed by atoms with Crippen molar-refractivity contribution < 1.29 is 19.2 Å². The van der Waals surface area contributed by atoms with Gasteiger partial charge >= 0.3 is 11.8 Å². The molecular weight excluding hydrogens is 456 g/mol. The summed E-state index contributed by atoms with van der Waals surface area (Å²) in [6, 6.07) is 30.4. The minimum atomic E-state index is -0.992. The molecule has 0 aromatic heterocycles. The molecular formula is C28H22N4O4. The highest BCUT2D eigenvalue weighted by Gasteiger charge is 2.24. The van der Waals surface area contributed by atoms with E-state index in [0.717, 1.165) is 0 Å². The lowest BCUT2D eigenvalue weighted by atomic mass is 10.0. The topological polar surface area (TPSA) is 116 Å². The fourth-order valence-electron chi connectivity index (χ4n) is 3.41. The van der Waals surface area contributed by atoms with E-state index in [4.69, 9.17) is 0 Å². The van der Waals surface area contributed by atoms with Crippen molar-refractivity contribution in [2.45, 2.75) is 0 Å². The van der Waals surface area contributed by atoms with Crippen molar-refractivity contribution in [1.29, 1.82) is 0 Å². The molecule has 0 atom stereocenters. The van der Waals surface area contributed by atoms with Crippen LogP contribution in [-0.4, -0.2) is 23.6 Å². The lowest BCUT2D eigenvalue weighted by molar-refractivity contribution is -0.133. The third-order valence-electron chi connectivity index (χ3n) is 5.09. The van der Waals surface area contributed by atoms with Crippen LogP contribution >= 0.6 is 0 Å². The minimum Gasteiger partial charge on any atom is -0.322 e. The van der Waals surface area contributed by atoms with Crippen LogP contribution in [-0.2, 0) is 9.59 Å². The molecule has 0 aliphatic heterocycles. The normalized spacial score (nSPS) is 10.1. The van der Waals surface area contributed by atoms with Crippen LogP contribution in [0.2, 0.25) is 0 Å².